The van der Waals surface area contributed by atoms with E-state index in [2.05, 4.69) is 37.8 Å². The van der Waals surface area contributed by atoms with E-state index < -0.39 is 9.04 Å². The highest BCUT2D eigenvalue weighted by molar-refractivity contribution is 6.68. The first-order chi connectivity index (χ1) is 7.77. The molecule has 2 rings (SSSR count). The average molecular weight is 232 g/mol. The molecule has 0 amide bonds. The minimum atomic E-state index is -1.12. The van der Waals surface area contributed by atoms with E-state index in [4.69, 9.17) is 4.43 Å². The molecule has 1 saturated heterocycles. The van der Waals surface area contributed by atoms with Gasteiger partial charge in [-0.05, 0) is 36.6 Å². The maximum Gasteiger partial charge on any atom is 0.208 e. The zero-order valence-corrected chi connectivity index (χ0v) is 11.2. The highest BCUT2D eigenvalue weighted by Crippen LogP contribution is 2.14. The Morgan fingerprint density at radius 1 is 1.38 bits per heavy atom. The van der Waals surface area contributed by atoms with E-state index in [1.165, 1.54) is 35.2 Å². The zero-order valence-electron chi connectivity index (χ0n) is 10.0. The Morgan fingerprint density at radius 3 is 2.88 bits per heavy atom. The molecule has 1 aromatic rings. The van der Waals surface area contributed by atoms with E-state index in [9.17, 15) is 0 Å². The molecule has 1 aliphatic rings. The predicted octanol–water partition coefficient (Wildman–Crippen LogP) is 2.55. The van der Waals surface area contributed by atoms with Gasteiger partial charge in [-0.25, -0.2) is 0 Å². The fraction of sp³-hybridized carbons (Fsp3) is 0.429. The van der Waals surface area contributed by atoms with Gasteiger partial charge in [-0.3, -0.25) is 0 Å². The van der Waals surface area contributed by atoms with E-state index in [0.29, 0.717) is 0 Å². The first-order valence-corrected chi connectivity index (χ1v) is 7.97. The molecule has 1 aromatic carbocycles. The molecule has 1 atom stereocenters. The average Bonchev–Trinajstić information content (AvgIpc) is 2.30. The SMILES string of the molecule is C=C(C)Cc1ccccc1[SiH]1CCCCO1. The Kier molecular flexibility index (Phi) is 3.96. The highest BCUT2D eigenvalue weighted by atomic mass is 28.3. The van der Waals surface area contributed by atoms with Crippen LogP contribution in [-0.4, -0.2) is 15.6 Å². The van der Waals surface area contributed by atoms with Crippen LogP contribution in [0, 0.1) is 0 Å². The van der Waals surface area contributed by atoms with E-state index in [1.54, 1.807) is 0 Å². The van der Waals surface area contributed by atoms with Gasteiger partial charge in [0.1, 0.15) is 0 Å². The molecule has 0 saturated carbocycles. The molecule has 86 valence electrons. The van der Waals surface area contributed by atoms with Gasteiger partial charge < -0.3 is 4.43 Å². The molecule has 0 spiro atoms. The van der Waals surface area contributed by atoms with Gasteiger partial charge in [0.05, 0.1) is 0 Å². The van der Waals surface area contributed by atoms with Gasteiger partial charge in [-0.2, -0.15) is 0 Å². The second kappa shape index (κ2) is 5.46. The van der Waals surface area contributed by atoms with E-state index in [1.807, 2.05) is 0 Å². The number of allylic oxidation sites excluding steroid dienone is 1. The standard InChI is InChI=1S/C14H20OSi/c1-12(2)11-13-7-3-4-8-14(13)16-10-6-5-9-15-16/h3-4,7-8,16H,1,5-6,9-11H2,2H3. The van der Waals surface area contributed by atoms with Crippen molar-refractivity contribution in [3.05, 3.63) is 42.0 Å². The molecule has 0 aromatic heterocycles. The van der Waals surface area contributed by atoms with Crippen molar-refractivity contribution in [2.45, 2.75) is 32.2 Å². The third-order valence-corrected chi connectivity index (χ3v) is 5.90. The molecule has 1 aliphatic heterocycles. The highest BCUT2D eigenvalue weighted by Gasteiger charge is 2.20. The van der Waals surface area contributed by atoms with Crippen molar-refractivity contribution in [3.63, 3.8) is 0 Å². The Labute approximate surface area is 99.9 Å². The molecular weight excluding hydrogens is 212 g/mol. The van der Waals surface area contributed by atoms with Gasteiger partial charge in [0.25, 0.3) is 0 Å². The molecule has 1 nitrogen and oxygen atoms in total. The van der Waals surface area contributed by atoms with Crippen LogP contribution in [0.1, 0.15) is 25.3 Å². The summed E-state index contributed by atoms with van der Waals surface area (Å²) in [6.45, 7) is 7.08. The summed E-state index contributed by atoms with van der Waals surface area (Å²) in [5, 5.41) is 1.50. The van der Waals surface area contributed by atoms with Gasteiger partial charge in [0, 0.05) is 6.61 Å². The summed E-state index contributed by atoms with van der Waals surface area (Å²) in [7, 11) is -1.12. The minimum Gasteiger partial charge on any atom is -0.415 e. The number of benzene rings is 1. The molecule has 1 fully saturated rings. The first kappa shape index (κ1) is 11.6. The maximum absolute atomic E-state index is 6.00. The van der Waals surface area contributed by atoms with Crippen molar-refractivity contribution < 1.29 is 4.43 Å². The van der Waals surface area contributed by atoms with Crippen LogP contribution < -0.4 is 5.19 Å². The smallest absolute Gasteiger partial charge is 0.208 e. The van der Waals surface area contributed by atoms with Crippen LogP contribution in [0.25, 0.3) is 0 Å². The summed E-state index contributed by atoms with van der Waals surface area (Å²) < 4.78 is 6.00. The zero-order chi connectivity index (χ0) is 11.4. The van der Waals surface area contributed by atoms with Crippen LogP contribution in [-0.2, 0) is 10.8 Å². The predicted molar refractivity (Wildman–Crippen MR) is 71.7 cm³/mol. The van der Waals surface area contributed by atoms with Crippen molar-refractivity contribution >= 4 is 14.2 Å². The first-order valence-electron chi connectivity index (χ1n) is 6.11. The molecule has 0 N–H and O–H groups in total. The lowest BCUT2D eigenvalue weighted by Gasteiger charge is -2.23. The Bertz CT molecular complexity index is 367. The summed E-state index contributed by atoms with van der Waals surface area (Å²) in [5.74, 6) is 0. The van der Waals surface area contributed by atoms with Crippen molar-refractivity contribution in [1.82, 2.24) is 0 Å². The molecule has 2 heteroatoms. The summed E-state index contributed by atoms with van der Waals surface area (Å²) in [4.78, 5) is 0. The van der Waals surface area contributed by atoms with Crippen LogP contribution in [0.4, 0.5) is 0 Å². The van der Waals surface area contributed by atoms with Gasteiger partial charge in [0.2, 0.25) is 9.04 Å². The van der Waals surface area contributed by atoms with Gasteiger partial charge >= 0.3 is 0 Å². The Balaban J connectivity index is 2.20. The molecule has 1 heterocycles. The fourth-order valence-corrected chi connectivity index (χ4v) is 5.03. The number of rotatable bonds is 3. The molecule has 0 radical (unpaired) electrons. The summed E-state index contributed by atoms with van der Waals surface area (Å²) >= 11 is 0. The number of hydrogen-bond acceptors (Lipinski definition) is 1. The van der Waals surface area contributed by atoms with E-state index in [-0.39, 0.29) is 0 Å². The van der Waals surface area contributed by atoms with Gasteiger partial charge in [-0.15, -0.1) is 0 Å². The second-order valence-electron chi connectivity index (χ2n) is 4.69. The maximum atomic E-state index is 6.00. The van der Waals surface area contributed by atoms with Crippen LogP contribution in [0.5, 0.6) is 0 Å². The van der Waals surface area contributed by atoms with Crippen molar-refractivity contribution in [2.24, 2.45) is 0 Å². The van der Waals surface area contributed by atoms with Gasteiger partial charge in [-0.1, -0.05) is 42.8 Å². The summed E-state index contributed by atoms with van der Waals surface area (Å²) in [5.41, 5.74) is 2.67. The molecule has 16 heavy (non-hydrogen) atoms. The lowest BCUT2D eigenvalue weighted by molar-refractivity contribution is 0.294. The molecule has 0 aliphatic carbocycles. The van der Waals surface area contributed by atoms with Gasteiger partial charge in [0.15, 0.2) is 0 Å². The van der Waals surface area contributed by atoms with Crippen LogP contribution in [0.15, 0.2) is 36.4 Å². The molecule has 0 bridgehead atoms. The van der Waals surface area contributed by atoms with Crippen LogP contribution in [0.2, 0.25) is 6.04 Å². The minimum absolute atomic E-state index is 0.971. The van der Waals surface area contributed by atoms with Crippen LogP contribution in [0.3, 0.4) is 0 Å². The van der Waals surface area contributed by atoms with E-state index >= 15 is 0 Å². The monoisotopic (exact) mass is 232 g/mol. The topological polar surface area (TPSA) is 9.23 Å². The quantitative estimate of drug-likeness (QED) is 0.575. The normalized spacial score (nSPS) is 20.7. The third-order valence-electron chi connectivity index (χ3n) is 3.07. The Hall–Kier alpha value is -0.863. The lowest BCUT2D eigenvalue weighted by Crippen LogP contribution is -2.38. The Morgan fingerprint density at radius 2 is 2.19 bits per heavy atom. The summed E-state index contributed by atoms with van der Waals surface area (Å²) in [6, 6.07) is 10.1. The van der Waals surface area contributed by atoms with Crippen molar-refractivity contribution in [1.29, 1.82) is 0 Å². The summed E-state index contributed by atoms with van der Waals surface area (Å²) in [6.07, 6.45) is 3.59. The fourth-order valence-electron chi connectivity index (χ4n) is 2.32. The molecule has 1 unspecified atom stereocenters. The largest absolute Gasteiger partial charge is 0.415 e. The van der Waals surface area contributed by atoms with Crippen molar-refractivity contribution in [2.75, 3.05) is 6.61 Å². The van der Waals surface area contributed by atoms with Crippen LogP contribution >= 0.6 is 0 Å². The lowest BCUT2D eigenvalue weighted by atomic mass is 10.1. The molecular formula is C14H20OSi. The second-order valence-corrected chi connectivity index (χ2v) is 7.20. The third kappa shape index (κ3) is 2.83. The number of hydrogen-bond donors (Lipinski definition) is 0. The van der Waals surface area contributed by atoms with Crippen molar-refractivity contribution in [3.8, 4) is 0 Å². The van der Waals surface area contributed by atoms with E-state index in [0.717, 1.165) is 13.0 Å².